The number of halogens is 1. The summed E-state index contributed by atoms with van der Waals surface area (Å²) in [6.07, 6.45) is 1.63. The van der Waals surface area contributed by atoms with E-state index in [0.717, 1.165) is 11.8 Å². The molecule has 0 aromatic heterocycles. The number of carbonyl (C=O) groups is 1. The molecule has 0 fully saturated rings. The number of thioether (sulfide) groups is 1. The van der Waals surface area contributed by atoms with E-state index < -0.39 is 5.91 Å². The minimum atomic E-state index is -0.712. The number of amidine groups is 1. The number of nitrogens with zero attached hydrogens (tertiary/aromatic N) is 1. The van der Waals surface area contributed by atoms with Crippen LogP contribution in [0.5, 0.6) is 0 Å². The molecule has 0 aromatic carbocycles. The molecule has 94 valence electrons. The second-order valence-electron chi connectivity index (χ2n) is 2.72. The van der Waals surface area contributed by atoms with Gasteiger partial charge in [-0.1, -0.05) is 29.9 Å². The Morgan fingerprint density at radius 2 is 2.00 bits per heavy atom. The Kier molecular flexibility index (Phi) is 6.15. The van der Waals surface area contributed by atoms with Crippen LogP contribution in [0.15, 0.2) is 28.2 Å². The number of nitrogens with one attached hydrogen (secondary N) is 2. The fourth-order valence-electron chi connectivity index (χ4n) is 0.644. The third-order valence-corrected chi connectivity index (χ3v) is 2.21. The maximum absolute atomic E-state index is 11.6. The average molecular weight is 277 g/mol. The van der Waals surface area contributed by atoms with Crippen LogP contribution in [0.2, 0.25) is 0 Å². The van der Waals surface area contributed by atoms with Gasteiger partial charge in [-0.3, -0.25) is 10.2 Å². The van der Waals surface area contributed by atoms with Gasteiger partial charge in [0, 0.05) is 0 Å². The van der Waals surface area contributed by atoms with E-state index in [-0.39, 0.29) is 27.6 Å². The number of carbonyl (C=O) groups excluding carboxylic acids is 1. The molecule has 0 saturated carbocycles. The first kappa shape index (κ1) is 15.3. The van der Waals surface area contributed by atoms with E-state index in [0.29, 0.717) is 0 Å². The molecule has 7 nitrogen and oxygen atoms in total. The predicted molar refractivity (Wildman–Crippen MR) is 71.4 cm³/mol. The van der Waals surface area contributed by atoms with Crippen molar-refractivity contribution < 1.29 is 4.79 Å². The zero-order valence-corrected chi connectivity index (χ0v) is 10.7. The van der Waals surface area contributed by atoms with Gasteiger partial charge in [0.25, 0.3) is 5.91 Å². The predicted octanol–water partition coefficient (Wildman–Crippen LogP) is -0.403. The quantitative estimate of drug-likeness (QED) is 0.271. The van der Waals surface area contributed by atoms with E-state index in [9.17, 15) is 4.79 Å². The summed E-state index contributed by atoms with van der Waals surface area (Å²) in [7, 11) is 0. The standard InChI is InChI=1S/C8H13ClN6OS/c1-3(10)4(14-5(9)6(11)12)7(16)15-8(13)17-2/h1,10-12H2,2H3,(H2,13,15,16). The molecule has 0 aliphatic heterocycles. The highest BCUT2D eigenvalue weighted by atomic mass is 35.5. The molecule has 0 spiro atoms. The molecule has 1 amide bonds. The van der Waals surface area contributed by atoms with Gasteiger partial charge in [-0.2, -0.15) is 0 Å². The number of aliphatic imine (C=N–C) groups is 1. The highest BCUT2D eigenvalue weighted by Crippen LogP contribution is 2.06. The van der Waals surface area contributed by atoms with Gasteiger partial charge in [-0.25, -0.2) is 4.99 Å². The lowest BCUT2D eigenvalue weighted by Gasteiger charge is -2.07. The third-order valence-electron chi connectivity index (χ3n) is 1.40. The summed E-state index contributed by atoms with van der Waals surface area (Å²) in [6, 6.07) is 0. The molecule has 17 heavy (non-hydrogen) atoms. The van der Waals surface area contributed by atoms with Crippen molar-refractivity contribution in [3.63, 3.8) is 0 Å². The Labute approximate surface area is 108 Å². The summed E-state index contributed by atoms with van der Waals surface area (Å²) < 4.78 is 0. The van der Waals surface area contributed by atoms with Gasteiger partial charge in [0.05, 0.1) is 5.70 Å². The van der Waals surface area contributed by atoms with Gasteiger partial charge < -0.3 is 22.5 Å². The van der Waals surface area contributed by atoms with E-state index in [1.165, 1.54) is 0 Å². The average Bonchev–Trinajstić information content (AvgIpc) is 2.24. The summed E-state index contributed by atoms with van der Waals surface area (Å²) in [5.74, 6) is -0.964. The summed E-state index contributed by atoms with van der Waals surface area (Å²) in [4.78, 5) is 15.2. The summed E-state index contributed by atoms with van der Waals surface area (Å²) in [5, 5.41) is 9.18. The maximum atomic E-state index is 11.6. The number of nitrogens with two attached hydrogens (primary N) is 3. The lowest BCUT2D eigenvalue weighted by molar-refractivity contribution is -0.113. The van der Waals surface area contributed by atoms with E-state index in [1.54, 1.807) is 6.26 Å². The van der Waals surface area contributed by atoms with Crippen molar-refractivity contribution in [1.29, 1.82) is 5.41 Å². The summed E-state index contributed by atoms with van der Waals surface area (Å²) in [6.45, 7) is 3.37. The highest BCUT2D eigenvalue weighted by Gasteiger charge is 2.15. The second-order valence-corrected chi connectivity index (χ2v) is 3.89. The molecule has 0 bridgehead atoms. The Balaban J connectivity index is 5.14. The number of hydrogen-bond donors (Lipinski definition) is 5. The molecule has 9 heteroatoms. The minimum Gasteiger partial charge on any atom is -0.397 e. The number of rotatable bonds is 3. The van der Waals surface area contributed by atoms with Gasteiger partial charge in [-0.15, -0.1) is 0 Å². The van der Waals surface area contributed by atoms with Crippen LogP contribution in [0.1, 0.15) is 0 Å². The van der Waals surface area contributed by atoms with Crippen LogP contribution >= 0.6 is 23.4 Å². The Bertz CT molecular complexity index is 412. The van der Waals surface area contributed by atoms with Crippen molar-refractivity contribution in [2.45, 2.75) is 0 Å². The van der Waals surface area contributed by atoms with E-state index in [4.69, 9.17) is 34.2 Å². The molecular formula is C8H13ClN6OS. The number of hydrogen-bond acceptors (Lipinski definition) is 7. The fraction of sp³-hybridized carbons (Fsp3) is 0.125. The first-order valence-electron chi connectivity index (χ1n) is 4.17. The normalized spacial score (nSPS) is 10.6. The van der Waals surface area contributed by atoms with Gasteiger partial charge in [0.2, 0.25) is 0 Å². The Hall–Kier alpha value is -1.67. The van der Waals surface area contributed by atoms with Crippen molar-refractivity contribution in [2.75, 3.05) is 6.26 Å². The van der Waals surface area contributed by atoms with E-state index in [1.807, 2.05) is 0 Å². The van der Waals surface area contributed by atoms with Gasteiger partial charge in [0.15, 0.2) is 16.0 Å². The molecule has 0 heterocycles. The van der Waals surface area contributed by atoms with Crippen molar-refractivity contribution >= 4 is 40.1 Å². The zero-order chi connectivity index (χ0) is 13.6. The topological polar surface area (TPSA) is 143 Å². The van der Waals surface area contributed by atoms with Gasteiger partial charge in [0.1, 0.15) is 5.82 Å². The lowest BCUT2D eigenvalue weighted by atomic mass is 10.3. The molecule has 0 saturated heterocycles. The summed E-state index contributed by atoms with van der Waals surface area (Å²) >= 11 is 6.61. The van der Waals surface area contributed by atoms with Crippen LogP contribution in [-0.2, 0) is 4.79 Å². The van der Waals surface area contributed by atoms with Gasteiger partial charge >= 0.3 is 0 Å². The molecule has 8 N–H and O–H groups in total. The van der Waals surface area contributed by atoms with E-state index in [2.05, 4.69) is 16.9 Å². The highest BCUT2D eigenvalue weighted by molar-refractivity contribution is 8.13. The van der Waals surface area contributed by atoms with Gasteiger partial charge in [-0.05, 0) is 6.26 Å². The van der Waals surface area contributed by atoms with Crippen LogP contribution in [0.25, 0.3) is 0 Å². The van der Waals surface area contributed by atoms with Crippen molar-refractivity contribution in [1.82, 2.24) is 5.32 Å². The SMILES string of the molecule is C=C(N)C(=NC(Cl)=C(N)N)C(=O)NC(=N)SC. The lowest BCUT2D eigenvalue weighted by Crippen LogP contribution is -2.36. The molecule has 0 rings (SSSR count). The Morgan fingerprint density at radius 3 is 2.35 bits per heavy atom. The monoisotopic (exact) mass is 276 g/mol. The first-order chi connectivity index (χ1) is 7.79. The fourth-order valence-corrected chi connectivity index (χ4v) is 0.924. The first-order valence-corrected chi connectivity index (χ1v) is 5.77. The molecule has 0 atom stereocenters. The molecule has 0 aromatic rings. The van der Waals surface area contributed by atoms with Crippen LogP contribution < -0.4 is 22.5 Å². The largest absolute Gasteiger partial charge is 0.397 e. The maximum Gasteiger partial charge on any atom is 0.277 e. The summed E-state index contributed by atoms with van der Waals surface area (Å²) in [5.41, 5.74) is 15.4. The van der Waals surface area contributed by atoms with Crippen molar-refractivity contribution in [3.8, 4) is 0 Å². The van der Waals surface area contributed by atoms with Crippen LogP contribution in [-0.4, -0.2) is 23.0 Å². The molecular weight excluding hydrogens is 264 g/mol. The smallest absolute Gasteiger partial charge is 0.277 e. The zero-order valence-electron chi connectivity index (χ0n) is 9.08. The third kappa shape index (κ3) is 5.27. The second kappa shape index (κ2) is 6.81. The molecule has 0 aliphatic carbocycles. The van der Waals surface area contributed by atoms with Crippen molar-refractivity contribution in [2.24, 2.45) is 22.2 Å². The minimum absolute atomic E-state index is 0.0650. The van der Waals surface area contributed by atoms with Crippen LogP contribution in [0.3, 0.4) is 0 Å². The molecule has 0 radical (unpaired) electrons. The van der Waals surface area contributed by atoms with Crippen LogP contribution in [0, 0.1) is 5.41 Å². The molecule has 0 unspecified atom stereocenters. The van der Waals surface area contributed by atoms with Crippen molar-refractivity contribution in [3.05, 3.63) is 23.3 Å². The number of amides is 1. The van der Waals surface area contributed by atoms with Crippen LogP contribution in [0.4, 0.5) is 0 Å². The Morgan fingerprint density at radius 1 is 1.47 bits per heavy atom. The van der Waals surface area contributed by atoms with E-state index >= 15 is 0 Å². The molecule has 0 aliphatic rings.